The SMILES string of the molecule is COC(=O)c1ccnc(N2CC(CO)OC3(CCN(C(=O)c4ccc(OC(C)C)c(C)c4)CC3)C2)n1.[HH]. The molecule has 0 aliphatic carbocycles. The van der Waals surface area contributed by atoms with E-state index in [1.54, 1.807) is 0 Å². The number of aliphatic hydroxyl groups is 1. The van der Waals surface area contributed by atoms with Crippen molar-refractivity contribution in [3.8, 4) is 5.75 Å². The summed E-state index contributed by atoms with van der Waals surface area (Å²) in [4.78, 5) is 37.6. The van der Waals surface area contributed by atoms with E-state index >= 15 is 0 Å². The van der Waals surface area contributed by atoms with Crippen molar-refractivity contribution in [3.63, 3.8) is 0 Å². The fourth-order valence-electron chi connectivity index (χ4n) is 4.80. The summed E-state index contributed by atoms with van der Waals surface area (Å²) in [5, 5.41) is 9.90. The number of carbonyl (C=O) groups is 2. The average Bonchev–Trinajstić information content (AvgIpc) is 2.89. The van der Waals surface area contributed by atoms with Gasteiger partial charge in [-0.3, -0.25) is 4.79 Å². The van der Waals surface area contributed by atoms with Gasteiger partial charge < -0.3 is 29.1 Å². The Morgan fingerprint density at radius 2 is 2.03 bits per heavy atom. The molecule has 2 aliphatic rings. The van der Waals surface area contributed by atoms with Crippen LogP contribution in [-0.4, -0.2) is 89.6 Å². The van der Waals surface area contributed by atoms with Gasteiger partial charge in [-0.1, -0.05) is 0 Å². The molecule has 3 heterocycles. The Kier molecular flexibility index (Phi) is 7.75. The number of ether oxygens (including phenoxy) is 3. The largest absolute Gasteiger partial charge is 0.491 e. The number of aliphatic hydroxyl groups excluding tert-OH is 1. The Balaban J connectivity index is 0.00000380. The number of nitrogens with zero attached hydrogens (tertiary/aromatic N) is 4. The lowest BCUT2D eigenvalue weighted by molar-refractivity contribution is -0.141. The molecule has 36 heavy (non-hydrogen) atoms. The lowest BCUT2D eigenvalue weighted by Gasteiger charge is -2.49. The number of rotatable bonds is 6. The summed E-state index contributed by atoms with van der Waals surface area (Å²) in [5.41, 5.74) is 1.17. The summed E-state index contributed by atoms with van der Waals surface area (Å²) in [6, 6.07) is 7.03. The lowest BCUT2D eigenvalue weighted by atomic mass is 9.88. The Morgan fingerprint density at radius 1 is 1.28 bits per heavy atom. The van der Waals surface area contributed by atoms with Gasteiger partial charge in [0.15, 0.2) is 5.69 Å². The Bertz CT molecular complexity index is 1110. The predicted molar refractivity (Wildman–Crippen MR) is 134 cm³/mol. The first kappa shape index (κ1) is 25.8. The minimum absolute atomic E-state index is 0. The van der Waals surface area contributed by atoms with Crippen molar-refractivity contribution in [2.75, 3.05) is 44.8 Å². The predicted octanol–water partition coefficient (Wildman–Crippen LogP) is 2.48. The minimum atomic E-state index is -0.558. The van der Waals surface area contributed by atoms with Crippen molar-refractivity contribution < 1.29 is 30.3 Å². The van der Waals surface area contributed by atoms with Crippen molar-refractivity contribution in [1.82, 2.24) is 14.9 Å². The van der Waals surface area contributed by atoms with Gasteiger partial charge in [-0.05, 0) is 63.4 Å². The highest BCUT2D eigenvalue weighted by Gasteiger charge is 2.44. The zero-order valence-electron chi connectivity index (χ0n) is 21.3. The topological polar surface area (TPSA) is 114 Å². The highest BCUT2D eigenvalue weighted by molar-refractivity contribution is 5.94. The van der Waals surface area contributed by atoms with E-state index in [-0.39, 0.29) is 25.7 Å². The van der Waals surface area contributed by atoms with E-state index in [1.165, 1.54) is 19.4 Å². The normalized spacial score (nSPS) is 19.4. The van der Waals surface area contributed by atoms with Gasteiger partial charge >= 0.3 is 5.97 Å². The summed E-state index contributed by atoms with van der Waals surface area (Å²) in [5.74, 6) is 0.607. The number of anilines is 1. The highest BCUT2D eigenvalue weighted by atomic mass is 16.5. The summed E-state index contributed by atoms with van der Waals surface area (Å²) in [6.45, 7) is 7.68. The monoisotopic (exact) mass is 500 g/mol. The van der Waals surface area contributed by atoms with E-state index in [9.17, 15) is 14.7 Å². The van der Waals surface area contributed by atoms with Crippen LogP contribution in [0, 0.1) is 6.92 Å². The number of carbonyl (C=O) groups excluding carboxylic acids is 2. The number of aromatic nitrogens is 2. The summed E-state index contributed by atoms with van der Waals surface area (Å²) in [6.07, 6.45) is 2.37. The van der Waals surface area contributed by atoms with Crippen LogP contribution in [0.4, 0.5) is 5.95 Å². The quantitative estimate of drug-likeness (QED) is 0.598. The maximum Gasteiger partial charge on any atom is 0.356 e. The van der Waals surface area contributed by atoms with Crippen molar-refractivity contribution in [2.45, 2.75) is 51.4 Å². The molecular formula is C26H36N4O6. The third kappa shape index (κ3) is 5.60. The molecule has 4 rings (SSSR count). The van der Waals surface area contributed by atoms with Gasteiger partial charge in [-0.25, -0.2) is 14.8 Å². The molecule has 2 saturated heterocycles. The second-order valence-electron chi connectivity index (χ2n) is 9.66. The molecule has 1 amide bonds. The zero-order chi connectivity index (χ0) is 25.9. The first-order valence-corrected chi connectivity index (χ1v) is 12.2. The van der Waals surface area contributed by atoms with Gasteiger partial charge in [0, 0.05) is 32.8 Å². The molecule has 1 aromatic heterocycles. The number of esters is 1. The zero-order valence-corrected chi connectivity index (χ0v) is 21.3. The number of benzene rings is 1. The van der Waals surface area contributed by atoms with Crippen LogP contribution in [0.15, 0.2) is 30.5 Å². The Labute approximate surface area is 212 Å². The van der Waals surface area contributed by atoms with Crippen LogP contribution < -0.4 is 9.64 Å². The number of aryl methyl sites for hydroxylation is 1. The molecule has 1 spiro atoms. The van der Waals surface area contributed by atoms with Crippen LogP contribution in [0.5, 0.6) is 5.75 Å². The molecule has 10 nitrogen and oxygen atoms in total. The van der Waals surface area contributed by atoms with Crippen LogP contribution in [0.1, 0.15) is 54.5 Å². The number of morpholine rings is 1. The van der Waals surface area contributed by atoms with E-state index < -0.39 is 17.7 Å². The Morgan fingerprint density at radius 3 is 2.67 bits per heavy atom. The van der Waals surface area contributed by atoms with Crippen LogP contribution in [0.2, 0.25) is 0 Å². The fraction of sp³-hybridized carbons (Fsp3) is 0.538. The molecule has 0 bridgehead atoms. The highest BCUT2D eigenvalue weighted by Crippen LogP contribution is 2.34. The number of likely N-dealkylation sites (tertiary alicyclic amines) is 1. The van der Waals surface area contributed by atoms with E-state index in [1.807, 2.05) is 48.8 Å². The van der Waals surface area contributed by atoms with Crippen LogP contribution >= 0.6 is 0 Å². The molecular weight excluding hydrogens is 464 g/mol. The molecule has 2 aliphatic heterocycles. The number of piperidine rings is 1. The molecule has 2 aromatic rings. The Hall–Kier alpha value is -3.24. The molecule has 2 fully saturated rings. The standard InChI is InChI=1S/C26H34N4O6.H2/c1-17(2)35-22-6-5-19(13-18(22)3)23(32)29-11-8-26(9-12-29)16-30(14-20(15-31)36-26)25-27-10-7-21(28-25)24(33)34-4;/h5-7,10,13,17,20,31H,8-9,11-12,14-16H2,1-4H3;1H. The van der Waals surface area contributed by atoms with Crippen molar-refractivity contribution in [1.29, 1.82) is 0 Å². The fourth-order valence-corrected chi connectivity index (χ4v) is 4.80. The van der Waals surface area contributed by atoms with Crippen molar-refractivity contribution in [2.24, 2.45) is 0 Å². The summed E-state index contributed by atoms with van der Waals surface area (Å²) in [7, 11) is 1.31. The van der Waals surface area contributed by atoms with E-state index in [2.05, 4.69) is 9.97 Å². The van der Waals surface area contributed by atoms with Gasteiger partial charge in [0.2, 0.25) is 5.95 Å². The molecule has 10 heteroatoms. The molecule has 0 saturated carbocycles. The van der Waals surface area contributed by atoms with Crippen LogP contribution in [0.3, 0.4) is 0 Å². The lowest BCUT2D eigenvalue weighted by Crippen LogP contribution is -2.61. The van der Waals surface area contributed by atoms with Gasteiger partial charge in [-0.2, -0.15) is 0 Å². The third-order valence-electron chi connectivity index (χ3n) is 6.59. The first-order chi connectivity index (χ1) is 17.2. The smallest absolute Gasteiger partial charge is 0.356 e. The van der Waals surface area contributed by atoms with E-state index in [4.69, 9.17) is 14.2 Å². The molecule has 0 radical (unpaired) electrons. The van der Waals surface area contributed by atoms with Crippen LogP contribution in [-0.2, 0) is 9.47 Å². The maximum absolute atomic E-state index is 13.2. The average molecular weight is 501 g/mol. The van der Waals surface area contributed by atoms with Gasteiger partial charge in [-0.15, -0.1) is 0 Å². The second kappa shape index (κ2) is 10.8. The summed E-state index contributed by atoms with van der Waals surface area (Å²) < 4.78 is 16.9. The van der Waals surface area contributed by atoms with Gasteiger partial charge in [0.25, 0.3) is 5.91 Å². The maximum atomic E-state index is 13.2. The number of amides is 1. The number of methoxy groups -OCH3 is 1. The molecule has 1 aromatic carbocycles. The van der Waals surface area contributed by atoms with E-state index in [0.29, 0.717) is 50.5 Å². The van der Waals surface area contributed by atoms with Crippen molar-refractivity contribution >= 4 is 17.8 Å². The molecule has 1 atom stereocenters. The summed E-state index contributed by atoms with van der Waals surface area (Å²) >= 11 is 0. The second-order valence-corrected chi connectivity index (χ2v) is 9.66. The minimum Gasteiger partial charge on any atom is -0.491 e. The first-order valence-electron chi connectivity index (χ1n) is 12.2. The van der Waals surface area contributed by atoms with Gasteiger partial charge in [0.05, 0.1) is 38.1 Å². The number of hydrogen-bond acceptors (Lipinski definition) is 9. The van der Waals surface area contributed by atoms with Crippen molar-refractivity contribution in [3.05, 3.63) is 47.3 Å². The van der Waals surface area contributed by atoms with Crippen LogP contribution in [0.25, 0.3) is 0 Å². The third-order valence-corrected chi connectivity index (χ3v) is 6.59. The molecule has 1 unspecified atom stereocenters. The molecule has 1 N–H and O–H groups in total. The molecule has 196 valence electrons. The van der Waals surface area contributed by atoms with E-state index in [0.717, 1.165) is 11.3 Å². The van der Waals surface area contributed by atoms with Gasteiger partial charge in [0.1, 0.15) is 5.75 Å². The number of hydrogen-bond donors (Lipinski definition) is 1.